The number of aromatic hydroxyl groups is 1. The molecular weight excluding hydrogens is 410 g/mol. The van der Waals surface area contributed by atoms with Gasteiger partial charge in [0.25, 0.3) is 5.72 Å². The van der Waals surface area contributed by atoms with Gasteiger partial charge in [0.15, 0.2) is 0 Å². The molecule has 10 heteroatoms. The summed E-state index contributed by atoms with van der Waals surface area (Å²) in [6.07, 6.45) is -5.85. The Bertz CT molecular complexity index is 1080. The number of alkyl halides is 3. The maximum atomic E-state index is 13.7. The minimum atomic E-state index is -5.02. The molecule has 150 valence electrons. The van der Waals surface area contributed by atoms with E-state index in [2.05, 4.69) is 10.1 Å². The second-order valence-corrected chi connectivity index (χ2v) is 7.26. The van der Waals surface area contributed by atoms with E-state index in [0.29, 0.717) is 16.3 Å². The molecule has 2 aromatic carbocycles. The lowest BCUT2D eigenvalue weighted by Crippen LogP contribution is -2.55. The summed E-state index contributed by atoms with van der Waals surface area (Å²) in [5.74, 6) is -0.581. The van der Waals surface area contributed by atoms with E-state index in [4.69, 9.17) is 0 Å². The average molecular weight is 423 g/mol. The molecule has 4 rings (SSSR count). The molecule has 1 unspecified atom stereocenters. The van der Waals surface area contributed by atoms with Crippen LogP contribution in [0, 0.1) is 5.82 Å². The lowest BCUT2D eigenvalue weighted by atomic mass is 10.0. The number of aromatic nitrogens is 1. The zero-order valence-electron chi connectivity index (χ0n) is 14.6. The Morgan fingerprint density at radius 2 is 1.79 bits per heavy atom. The van der Waals surface area contributed by atoms with Crippen LogP contribution in [0.3, 0.4) is 0 Å². The number of phenols is 1. The highest BCUT2D eigenvalue weighted by Crippen LogP contribution is 2.45. The number of hydrogen-bond donors (Lipinski definition) is 2. The number of halogens is 4. The van der Waals surface area contributed by atoms with E-state index in [0.717, 1.165) is 11.3 Å². The van der Waals surface area contributed by atoms with Crippen molar-refractivity contribution < 1.29 is 27.8 Å². The first-order valence-electron chi connectivity index (χ1n) is 8.35. The molecule has 0 radical (unpaired) electrons. The molecule has 1 atom stereocenters. The van der Waals surface area contributed by atoms with Gasteiger partial charge in [-0.3, -0.25) is 0 Å². The largest absolute Gasteiger partial charge is 0.508 e. The van der Waals surface area contributed by atoms with Crippen LogP contribution in [-0.2, 0) is 0 Å². The summed E-state index contributed by atoms with van der Waals surface area (Å²) in [7, 11) is 0. The second-order valence-electron chi connectivity index (χ2n) is 6.42. The number of hydrogen-bond acceptors (Lipinski definition) is 6. The van der Waals surface area contributed by atoms with Crippen LogP contribution in [0.2, 0.25) is 0 Å². The van der Waals surface area contributed by atoms with Crippen molar-refractivity contribution >= 4 is 22.2 Å². The smallest absolute Gasteiger partial charge is 0.438 e. The fourth-order valence-corrected chi connectivity index (χ4v) is 3.78. The van der Waals surface area contributed by atoms with Crippen molar-refractivity contribution in [2.75, 3.05) is 5.01 Å². The van der Waals surface area contributed by atoms with Crippen molar-refractivity contribution in [2.45, 2.75) is 18.3 Å². The van der Waals surface area contributed by atoms with E-state index < -0.39 is 24.1 Å². The maximum Gasteiger partial charge on any atom is 0.438 e. The number of hydrazone groups is 1. The number of phenolic OH excluding ortho intramolecular Hbond substituents is 1. The van der Waals surface area contributed by atoms with Crippen LogP contribution in [0.5, 0.6) is 5.75 Å². The molecule has 5 nitrogen and oxygen atoms in total. The summed E-state index contributed by atoms with van der Waals surface area (Å²) < 4.78 is 54.3. The molecule has 29 heavy (non-hydrogen) atoms. The third kappa shape index (κ3) is 3.45. The number of nitrogens with zero attached hydrogens (tertiary/aromatic N) is 3. The van der Waals surface area contributed by atoms with Gasteiger partial charge in [-0.15, -0.1) is 11.3 Å². The molecule has 0 saturated carbocycles. The molecule has 2 N–H and O–H groups in total. The van der Waals surface area contributed by atoms with Crippen LogP contribution in [0.25, 0.3) is 11.3 Å². The molecule has 2 heterocycles. The number of aliphatic hydroxyl groups is 1. The topological polar surface area (TPSA) is 69.0 Å². The van der Waals surface area contributed by atoms with E-state index >= 15 is 0 Å². The summed E-state index contributed by atoms with van der Waals surface area (Å²) in [5, 5.41) is 25.9. The monoisotopic (exact) mass is 423 g/mol. The van der Waals surface area contributed by atoms with Gasteiger partial charge in [-0.1, -0.05) is 12.1 Å². The fourth-order valence-electron chi connectivity index (χ4n) is 2.93. The first kappa shape index (κ1) is 19.3. The van der Waals surface area contributed by atoms with Crippen LogP contribution >= 0.6 is 11.3 Å². The summed E-state index contributed by atoms with van der Waals surface area (Å²) in [5.41, 5.74) is -2.23. The number of anilines is 1. The lowest BCUT2D eigenvalue weighted by Gasteiger charge is -2.32. The van der Waals surface area contributed by atoms with Crippen molar-refractivity contribution in [1.82, 2.24) is 4.98 Å². The molecular formula is C19H13F4N3O2S. The van der Waals surface area contributed by atoms with Gasteiger partial charge in [-0.2, -0.15) is 23.3 Å². The SMILES string of the molecule is Oc1cccc(C2=NN(c3nc(-c4ccc(F)cc4)cs3)C(O)(C(F)(F)F)C2)c1. The molecule has 1 aliphatic rings. The molecule has 0 saturated heterocycles. The third-order valence-electron chi connectivity index (χ3n) is 4.43. The molecule has 0 fully saturated rings. The Labute approximate surface area is 166 Å². The minimum absolute atomic E-state index is 0.0424. The van der Waals surface area contributed by atoms with Crippen molar-refractivity contribution in [1.29, 1.82) is 0 Å². The zero-order chi connectivity index (χ0) is 20.8. The molecule has 3 aromatic rings. The quantitative estimate of drug-likeness (QED) is 0.608. The van der Waals surface area contributed by atoms with Crippen LogP contribution in [0.4, 0.5) is 22.7 Å². The summed E-state index contributed by atoms with van der Waals surface area (Å²) in [4.78, 5) is 4.15. The summed E-state index contributed by atoms with van der Waals surface area (Å²) in [6.45, 7) is 0. The normalized spacial score (nSPS) is 19.5. The van der Waals surface area contributed by atoms with Gasteiger partial charge in [0.1, 0.15) is 11.6 Å². The van der Waals surface area contributed by atoms with Gasteiger partial charge in [0, 0.05) is 16.5 Å². The molecule has 0 spiro atoms. The number of thiazole rings is 1. The van der Waals surface area contributed by atoms with E-state index in [9.17, 15) is 27.8 Å². The van der Waals surface area contributed by atoms with Crippen molar-refractivity contribution in [3.63, 3.8) is 0 Å². The Balaban J connectivity index is 1.75. The van der Waals surface area contributed by atoms with Crippen LogP contribution in [0.1, 0.15) is 12.0 Å². The van der Waals surface area contributed by atoms with Crippen molar-refractivity contribution in [3.05, 3.63) is 65.3 Å². The van der Waals surface area contributed by atoms with Crippen molar-refractivity contribution in [3.8, 4) is 17.0 Å². The predicted molar refractivity (Wildman–Crippen MR) is 100 cm³/mol. The standard InChI is InChI=1S/C19H13F4N3O2S/c20-13-6-4-11(5-7-13)16-10-29-17(24-16)26-18(28,19(21,22)23)9-15(25-26)12-2-1-3-14(27)8-12/h1-8,10,27-28H,9H2. The number of benzene rings is 2. The third-order valence-corrected chi connectivity index (χ3v) is 5.25. The van der Waals surface area contributed by atoms with Crippen LogP contribution in [0.15, 0.2) is 59.0 Å². The average Bonchev–Trinajstić information content (AvgIpc) is 3.27. The van der Waals surface area contributed by atoms with Gasteiger partial charge in [0.05, 0.1) is 17.8 Å². The Morgan fingerprint density at radius 1 is 1.07 bits per heavy atom. The number of rotatable bonds is 3. The minimum Gasteiger partial charge on any atom is -0.508 e. The van der Waals surface area contributed by atoms with Gasteiger partial charge in [-0.05, 0) is 36.4 Å². The fraction of sp³-hybridized carbons (Fsp3) is 0.158. The first-order chi connectivity index (χ1) is 13.7. The van der Waals surface area contributed by atoms with E-state index in [1.165, 1.54) is 53.9 Å². The molecule has 0 amide bonds. The highest BCUT2D eigenvalue weighted by molar-refractivity contribution is 7.14. The lowest BCUT2D eigenvalue weighted by molar-refractivity contribution is -0.254. The molecule has 0 aliphatic carbocycles. The van der Waals surface area contributed by atoms with Gasteiger partial charge < -0.3 is 10.2 Å². The van der Waals surface area contributed by atoms with Crippen LogP contribution < -0.4 is 5.01 Å². The molecule has 1 aromatic heterocycles. The predicted octanol–water partition coefficient (Wildman–Crippen LogP) is 4.52. The molecule has 1 aliphatic heterocycles. The van der Waals surface area contributed by atoms with Gasteiger partial charge >= 0.3 is 6.18 Å². The maximum absolute atomic E-state index is 13.7. The van der Waals surface area contributed by atoms with Gasteiger partial charge in [0.2, 0.25) is 5.13 Å². The summed E-state index contributed by atoms with van der Waals surface area (Å²) >= 11 is 0.869. The highest BCUT2D eigenvalue weighted by Gasteiger charge is 2.62. The highest BCUT2D eigenvalue weighted by atomic mass is 32.1. The Morgan fingerprint density at radius 3 is 2.45 bits per heavy atom. The van der Waals surface area contributed by atoms with E-state index in [1.807, 2.05) is 0 Å². The van der Waals surface area contributed by atoms with Gasteiger partial charge in [-0.25, -0.2) is 9.37 Å². The Hall–Kier alpha value is -2.98. The first-order valence-corrected chi connectivity index (χ1v) is 9.23. The van der Waals surface area contributed by atoms with Crippen LogP contribution in [-0.4, -0.2) is 32.8 Å². The summed E-state index contributed by atoms with van der Waals surface area (Å²) in [6, 6.07) is 10.9. The van der Waals surface area contributed by atoms with E-state index in [1.54, 1.807) is 0 Å². The Kier molecular flexibility index (Phi) is 4.55. The second kappa shape index (κ2) is 6.82. The van der Waals surface area contributed by atoms with E-state index in [-0.39, 0.29) is 22.2 Å². The molecule has 0 bridgehead atoms. The zero-order valence-corrected chi connectivity index (χ0v) is 15.4. The van der Waals surface area contributed by atoms with Crippen molar-refractivity contribution in [2.24, 2.45) is 5.10 Å².